The number of hydrogen-bond donors (Lipinski definition) is 0. The van der Waals surface area contributed by atoms with Crippen molar-refractivity contribution in [2.75, 3.05) is 52.9 Å². The molecule has 0 aliphatic carbocycles. The third-order valence-corrected chi connectivity index (χ3v) is 16.6. The van der Waals surface area contributed by atoms with Gasteiger partial charge in [-0.05, 0) is 347 Å². The molecule has 5 aliphatic rings. The fraction of sp³-hybridized carbons (Fsp3) is 0.800. The Morgan fingerprint density at radius 3 is 1.10 bits per heavy atom. The number of epoxide rings is 2. The van der Waals surface area contributed by atoms with Gasteiger partial charge >= 0.3 is 18.3 Å². The zero-order valence-corrected chi connectivity index (χ0v) is 87.8. The molecule has 3 atom stereocenters. The molecule has 121 heavy (non-hydrogen) atoms. The molecule has 4 fully saturated rings. The van der Waals surface area contributed by atoms with E-state index in [1.165, 1.54) is 29.9 Å². The topological polar surface area (TPSA) is 241 Å². The molecule has 0 aromatic carbocycles. The number of nitrogens with zero attached hydrogens (tertiary/aromatic N) is 1. The molecule has 0 aromatic heterocycles. The van der Waals surface area contributed by atoms with E-state index in [2.05, 4.69) is 111 Å². The summed E-state index contributed by atoms with van der Waals surface area (Å²) < 4.78 is 73.3. The van der Waals surface area contributed by atoms with Crippen LogP contribution >= 0.6 is 0 Å². The van der Waals surface area contributed by atoms with Crippen LogP contribution in [0, 0.1) is 21.7 Å². The summed E-state index contributed by atoms with van der Waals surface area (Å²) in [7, 11) is 0. The second-order valence-electron chi connectivity index (χ2n) is 45.0. The molecule has 5 rings (SSSR count). The van der Waals surface area contributed by atoms with Gasteiger partial charge in [0.25, 0.3) is 11.8 Å². The second kappa shape index (κ2) is 53.8. The zero-order valence-electron chi connectivity index (χ0n) is 87.8. The average molecular weight is 1720 g/mol. The highest BCUT2D eigenvalue weighted by Crippen LogP contribution is 2.40. The normalized spacial score (nSPS) is 18.0. The number of hydrogen-bond acceptors (Lipinski definition) is 20. The van der Waals surface area contributed by atoms with Gasteiger partial charge in [0.05, 0.1) is 86.6 Å². The first kappa shape index (κ1) is 126. The molecule has 21 heteroatoms. The van der Waals surface area contributed by atoms with E-state index >= 15 is 0 Å². The molecule has 0 N–H and O–H groups in total. The van der Waals surface area contributed by atoms with Crippen LogP contribution in [-0.4, -0.2) is 168 Å². The van der Waals surface area contributed by atoms with Crippen molar-refractivity contribution >= 4 is 35.9 Å². The van der Waals surface area contributed by atoms with Gasteiger partial charge in [-0.2, -0.15) is 0 Å². The number of Topliss-reactive ketones (excluding diaryl/α,β-unsaturated/α-hetero) is 1. The largest absolute Gasteiger partial charge is 0.514 e. The minimum Gasteiger partial charge on any atom is -0.496 e. The highest BCUT2D eigenvalue weighted by molar-refractivity contribution is 6.13. The summed E-state index contributed by atoms with van der Waals surface area (Å²) >= 11 is 0. The number of amides is 2. The Balaban J connectivity index is -0.000000301. The Hall–Kier alpha value is -5.52. The number of imide groups is 1. The fourth-order valence-electron chi connectivity index (χ4n) is 7.97. The summed E-state index contributed by atoms with van der Waals surface area (Å²) in [4.78, 5) is 68.4. The van der Waals surface area contributed by atoms with E-state index < -0.39 is 34.7 Å². The minimum absolute atomic E-state index is 0.000486. The van der Waals surface area contributed by atoms with Gasteiger partial charge in [-0.25, -0.2) is 14.4 Å². The number of carbonyl (C=O) groups is 6. The van der Waals surface area contributed by atoms with Crippen LogP contribution in [-0.2, 0) is 85.5 Å². The standard InChI is InChI=1S/C11H20O3.C10H18O3.C10H18O2.C10H20O.C10H18O.2C9H18O2.C8H11NO2.C8H16O2.C8H16O.C7H14O/c1-8(2)9(3)7-13-10(12)14-11(4,5)6;1-7(2)8(3)12-9(11)13-10(4,5)6;1-7(2)8(3)9(11)12-10(4,5)6;1-9(2,3)5-6-10(4)7-11-8-10;1-7(2)8(3)9(11)10(4,5)6;1-8(2,3)11-7-9(4)5-10-6-9;1-7-9(5,11-7)6-10-8(2,3)4;1-8(2,3)9-6(10)4-5-7(9)11;1-7(2,3)9-6-8(4,5)10-6;1-5-6-7-9-8(2,3)4;1-5-6-8-7(2,3)4/h7H2,1-6H3;1-6H3;1-6H3;5-8H2,1-4H3;1-6H3;5-7H2,1-4H3;7H,6H2,1-5H3;4-5H,1-3H3;6H,1-5H3;5-6H,7H2,1-4H3;5-6H,1-4H3/b;;;;;;;;;2*6-5+. The van der Waals surface area contributed by atoms with Crippen molar-refractivity contribution in [1.29, 1.82) is 0 Å². The maximum Gasteiger partial charge on any atom is 0.514 e. The first-order valence-corrected chi connectivity index (χ1v) is 43.1. The van der Waals surface area contributed by atoms with Crippen LogP contribution in [0.25, 0.3) is 0 Å². The lowest BCUT2D eigenvalue weighted by Gasteiger charge is -2.39. The smallest absolute Gasteiger partial charge is 0.496 e. The molecule has 712 valence electrons. The molecule has 4 saturated heterocycles. The van der Waals surface area contributed by atoms with Crippen molar-refractivity contribution < 1.29 is 95.1 Å². The van der Waals surface area contributed by atoms with Gasteiger partial charge in [0.1, 0.15) is 40.4 Å². The zero-order chi connectivity index (χ0) is 97.5. The molecule has 0 spiro atoms. The Morgan fingerprint density at radius 1 is 0.471 bits per heavy atom. The number of esters is 1. The van der Waals surface area contributed by atoms with Gasteiger partial charge in [-0.3, -0.25) is 19.3 Å². The monoisotopic (exact) mass is 1720 g/mol. The van der Waals surface area contributed by atoms with Crippen LogP contribution in [0.5, 0.6) is 0 Å². The lowest BCUT2D eigenvalue weighted by atomic mass is 9.78. The molecule has 21 nitrogen and oxygen atoms in total. The third-order valence-electron chi connectivity index (χ3n) is 16.6. The highest BCUT2D eigenvalue weighted by atomic mass is 16.8. The van der Waals surface area contributed by atoms with Crippen molar-refractivity contribution in [2.45, 2.75) is 454 Å². The maximum absolute atomic E-state index is 11.5. The molecule has 0 bridgehead atoms. The molecule has 3 unspecified atom stereocenters. The lowest BCUT2D eigenvalue weighted by molar-refractivity contribution is -0.160. The van der Waals surface area contributed by atoms with Crippen LogP contribution < -0.4 is 0 Å². The summed E-state index contributed by atoms with van der Waals surface area (Å²) in [5, 5.41) is 0. The van der Waals surface area contributed by atoms with Gasteiger partial charge in [-0.1, -0.05) is 90.3 Å². The summed E-state index contributed by atoms with van der Waals surface area (Å²) in [6, 6.07) is 0. The quantitative estimate of drug-likeness (QED) is 0.0281. The van der Waals surface area contributed by atoms with E-state index in [9.17, 15) is 28.8 Å². The Bertz CT molecular complexity index is 3180. The summed E-state index contributed by atoms with van der Waals surface area (Å²) in [6.07, 6.45) is 11.9. The number of allylic oxidation sites excluding steroid dienone is 8. The van der Waals surface area contributed by atoms with Crippen molar-refractivity contribution in [2.24, 2.45) is 21.7 Å². The molecular weight excluding hydrogens is 1540 g/mol. The van der Waals surface area contributed by atoms with Crippen LogP contribution in [0.2, 0.25) is 0 Å². The molecule has 5 aliphatic heterocycles. The number of ether oxygens (including phenoxy) is 14. The van der Waals surface area contributed by atoms with Crippen molar-refractivity contribution in [3.63, 3.8) is 0 Å². The van der Waals surface area contributed by atoms with Crippen molar-refractivity contribution in [3.05, 3.63) is 81.4 Å². The third kappa shape index (κ3) is 75.5. The molecule has 2 amide bonds. The predicted octanol–water partition coefficient (Wildman–Crippen LogP) is 26.2. The van der Waals surface area contributed by atoms with Crippen molar-refractivity contribution in [1.82, 2.24) is 4.90 Å². The molecule has 0 saturated carbocycles. The summed E-state index contributed by atoms with van der Waals surface area (Å²) in [6.45, 7) is 111. The summed E-state index contributed by atoms with van der Waals surface area (Å²) in [5.41, 5.74) is 5.91. The molecule has 5 heterocycles. The van der Waals surface area contributed by atoms with E-state index in [0.29, 0.717) is 41.5 Å². The van der Waals surface area contributed by atoms with Gasteiger partial charge in [-0.15, -0.1) is 0 Å². The predicted molar refractivity (Wildman–Crippen MR) is 500 cm³/mol. The van der Waals surface area contributed by atoms with E-state index in [-0.39, 0.29) is 79.9 Å². The summed E-state index contributed by atoms with van der Waals surface area (Å²) in [5.74, 6) is 0.180. The van der Waals surface area contributed by atoms with Crippen LogP contribution in [0.4, 0.5) is 9.59 Å². The van der Waals surface area contributed by atoms with E-state index in [4.69, 9.17) is 66.3 Å². The first-order chi connectivity index (χ1) is 53.5. The van der Waals surface area contributed by atoms with Crippen LogP contribution in [0.1, 0.15) is 380 Å². The van der Waals surface area contributed by atoms with E-state index in [1.54, 1.807) is 40.9 Å². The van der Waals surface area contributed by atoms with E-state index in [0.717, 1.165) is 73.1 Å². The van der Waals surface area contributed by atoms with E-state index in [1.807, 2.05) is 240 Å². The van der Waals surface area contributed by atoms with Crippen LogP contribution in [0.3, 0.4) is 0 Å². The van der Waals surface area contributed by atoms with Crippen molar-refractivity contribution in [3.8, 4) is 0 Å². The number of rotatable bonds is 15. The lowest BCUT2D eigenvalue weighted by Crippen LogP contribution is -2.45. The first-order valence-electron chi connectivity index (χ1n) is 43.1. The molecule has 0 aromatic rings. The van der Waals surface area contributed by atoms with Gasteiger partial charge in [0, 0.05) is 39.5 Å². The van der Waals surface area contributed by atoms with Gasteiger partial charge in [0.2, 0.25) is 0 Å². The van der Waals surface area contributed by atoms with Gasteiger partial charge in [0.15, 0.2) is 12.1 Å². The maximum atomic E-state index is 11.5. The Morgan fingerprint density at radius 2 is 0.860 bits per heavy atom. The molecule has 0 radical (unpaired) electrons. The van der Waals surface area contributed by atoms with Gasteiger partial charge < -0.3 is 66.3 Å². The molecular formula is C100H187NO20. The minimum atomic E-state index is -0.647. The average Bonchev–Trinajstić information content (AvgIpc) is 1.65. The Kier molecular flexibility index (Phi) is 56.2. The Labute approximate surface area is 741 Å². The number of carbonyl (C=O) groups excluding carboxylic acids is 6. The fourth-order valence-corrected chi connectivity index (χ4v) is 7.97. The number of ketones is 1. The second-order valence-corrected chi connectivity index (χ2v) is 45.0. The highest BCUT2D eigenvalue weighted by Gasteiger charge is 2.51. The SMILES string of the molecule is C/C=C/COC(C)(C)C.C/C=C/OC(C)(C)C.CC(C)(C)CCC1(C)COC1.CC(C)(C)N1C(=O)C=CC1=O.CC(C)(C)OC1OC1(C)C.CC(C)=C(C)C(=O)C(C)(C)C.CC(C)=C(C)C(=O)OC(C)(C)C.CC(C)=C(C)COC(=O)OC(C)(C)C.CC(C)=C(C)OC(=O)OC(C)(C)C.CC1(COC(C)(C)C)COC1.CC1OC1(C)COC(C)(C)C. The van der Waals surface area contributed by atoms with Crippen LogP contribution in [0.15, 0.2) is 81.4 Å².